The number of H-pyrrole nitrogens is 1. The third-order valence-electron chi connectivity index (χ3n) is 3.62. The minimum Gasteiger partial charge on any atom is -0.358 e. The molecule has 18 heavy (non-hydrogen) atoms. The zero-order valence-corrected chi connectivity index (χ0v) is 12.7. The molecule has 0 aliphatic carbocycles. The van der Waals surface area contributed by atoms with Gasteiger partial charge in [0.05, 0.1) is 0 Å². The molecule has 0 spiro atoms. The Balaban J connectivity index is 2.67. The van der Waals surface area contributed by atoms with Gasteiger partial charge in [0, 0.05) is 22.0 Å². The molecule has 0 aliphatic rings. The van der Waals surface area contributed by atoms with Crippen molar-refractivity contribution in [1.29, 1.82) is 0 Å². The van der Waals surface area contributed by atoms with Gasteiger partial charge in [0.2, 0.25) is 0 Å². The van der Waals surface area contributed by atoms with Gasteiger partial charge in [0.15, 0.2) is 0 Å². The van der Waals surface area contributed by atoms with Crippen LogP contribution >= 0.6 is 0 Å². The van der Waals surface area contributed by atoms with Gasteiger partial charge in [-0.1, -0.05) is 47.6 Å². The summed E-state index contributed by atoms with van der Waals surface area (Å²) in [5.41, 5.74) is 5.72. The van der Waals surface area contributed by atoms with E-state index in [1.165, 1.54) is 27.7 Å². The Labute approximate surface area is 111 Å². The molecule has 1 heteroatoms. The van der Waals surface area contributed by atoms with Gasteiger partial charge in [-0.2, -0.15) is 0 Å². The highest BCUT2D eigenvalue weighted by Gasteiger charge is 2.19. The number of benzene rings is 1. The van der Waals surface area contributed by atoms with E-state index in [1.54, 1.807) is 0 Å². The molecule has 0 amide bonds. The molecule has 2 rings (SSSR count). The number of hydrogen-bond donors (Lipinski definition) is 1. The van der Waals surface area contributed by atoms with Gasteiger partial charge in [-0.15, -0.1) is 0 Å². The van der Waals surface area contributed by atoms with E-state index in [9.17, 15) is 0 Å². The van der Waals surface area contributed by atoms with Crippen LogP contribution in [0, 0.1) is 6.92 Å². The second-order valence-corrected chi connectivity index (χ2v) is 7.44. The van der Waals surface area contributed by atoms with Crippen molar-refractivity contribution in [2.75, 3.05) is 0 Å². The molecule has 0 radical (unpaired) electrons. The van der Waals surface area contributed by atoms with Gasteiger partial charge in [-0.05, 0) is 35.6 Å². The lowest BCUT2D eigenvalue weighted by Gasteiger charge is -2.19. The Morgan fingerprint density at radius 2 is 1.44 bits per heavy atom. The highest BCUT2D eigenvalue weighted by atomic mass is 14.7. The van der Waals surface area contributed by atoms with Crippen LogP contribution in [0.5, 0.6) is 0 Å². The molecule has 0 bridgehead atoms. The highest BCUT2D eigenvalue weighted by molar-refractivity contribution is 5.85. The monoisotopic (exact) mass is 243 g/mol. The Bertz CT molecular complexity index is 574. The second kappa shape index (κ2) is 3.88. The van der Waals surface area contributed by atoms with Crippen molar-refractivity contribution in [2.24, 2.45) is 0 Å². The van der Waals surface area contributed by atoms with E-state index >= 15 is 0 Å². The summed E-state index contributed by atoms with van der Waals surface area (Å²) in [6.07, 6.45) is 0. The van der Waals surface area contributed by atoms with Crippen molar-refractivity contribution >= 4 is 10.9 Å². The number of fused-ring (bicyclic) bond motifs is 1. The molecule has 98 valence electrons. The maximum atomic E-state index is 3.59. The lowest BCUT2D eigenvalue weighted by molar-refractivity contribution is 0.574. The first-order chi connectivity index (χ1) is 8.09. The predicted molar refractivity (Wildman–Crippen MR) is 80.4 cm³/mol. The zero-order chi connectivity index (χ0) is 13.7. The first kappa shape index (κ1) is 13.2. The Kier molecular flexibility index (Phi) is 2.84. The van der Waals surface area contributed by atoms with E-state index in [2.05, 4.69) is 71.6 Å². The molecule has 0 fully saturated rings. The van der Waals surface area contributed by atoms with E-state index in [-0.39, 0.29) is 10.8 Å². The fourth-order valence-electron chi connectivity index (χ4n) is 2.26. The number of hydrogen-bond acceptors (Lipinski definition) is 0. The van der Waals surface area contributed by atoms with Crippen molar-refractivity contribution in [2.45, 2.75) is 59.3 Å². The second-order valence-electron chi connectivity index (χ2n) is 7.44. The third-order valence-corrected chi connectivity index (χ3v) is 3.62. The van der Waals surface area contributed by atoms with E-state index in [1.807, 2.05) is 0 Å². The zero-order valence-electron chi connectivity index (χ0n) is 12.7. The van der Waals surface area contributed by atoms with Gasteiger partial charge < -0.3 is 4.98 Å². The van der Waals surface area contributed by atoms with Gasteiger partial charge in [-0.25, -0.2) is 0 Å². The maximum absolute atomic E-state index is 3.59. The van der Waals surface area contributed by atoms with Gasteiger partial charge in [-0.3, -0.25) is 0 Å². The molecular weight excluding hydrogens is 218 g/mol. The summed E-state index contributed by atoms with van der Waals surface area (Å²) in [4.78, 5) is 3.59. The summed E-state index contributed by atoms with van der Waals surface area (Å²) >= 11 is 0. The van der Waals surface area contributed by atoms with Gasteiger partial charge in [0.25, 0.3) is 0 Å². The highest BCUT2D eigenvalue weighted by Crippen LogP contribution is 2.31. The summed E-state index contributed by atoms with van der Waals surface area (Å²) in [6.45, 7) is 15.7. The molecule has 1 aromatic carbocycles. The van der Waals surface area contributed by atoms with Gasteiger partial charge in [0.1, 0.15) is 0 Å². The van der Waals surface area contributed by atoms with Crippen LogP contribution in [0.1, 0.15) is 58.4 Å². The summed E-state index contributed by atoms with van der Waals surface area (Å²) in [7, 11) is 0. The molecule has 0 atom stereocenters. The van der Waals surface area contributed by atoms with Crippen LogP contribution in [0.15, 0.2) is 18.2 Å². The molecule has 1 nitrogen and oxygen atoms in total. The molecule has 2 aromatic rings. The maximum Gasteiger partial charge on any atom is 0.0461 e. The molecule has 0 saturated heterocycles. The molecule has 1 N–H and O–H groups in total. The van der Waals surface area contributed by atoms with Crippen molar-refractivity contribution in [3.63, 3.8) is 0 Å². The van der Waals surface area contributed by atoms with Crippen LogP contribution in [0.2, 0.25) is 0 Å². The average Bonchev–Trinajstić information content (AvgIpc) is 2.59. The number of aromatic nitrogens is 1. The first-order valence-electron chi connectivity index (χ1n) is 6.73. The largest absolute Gasteiger partial charge is 0.358 e. The molecule has 1 aromatic heterocycles. The topological polar surface area (TPSA) is 15.8 Å². The SMILES string of the molecule is Cc1cc(C(C)(C)C)cc2[nH]c(C(C)(C)C)cc12. The van der Waals surface area contributed by atoms with E-state index in [4.69, 9.17) is 0 Å². The molecular formula is C17H25N. The Morgan fingerprint density at radius 1 is 0.833 bits per heavy atom. The van der Waals surface area contributed by atoms with Crippen molar-refractivity contribution in [3.05, 3.63) is 35.0 Å². The van der Waals surface area contributed by atoms with E-state index < -0.39 is 0 Å². The lowest BCUT2D eigenvalue weighted by Crippen LogP contribution is -2.11. The lowest BCUT2D eigenvalue weighted by atomic mass is 9.85. The van der Waals surface area contributed by atoms with Crippen LogP contribution in [0.4, 0.5) is 0 Å². The molecule has 0 aliphatic heterocycles. The fraction of sp³-hybridized carbons (Fsp3) is 0.529. The Morgan fingerprint density at radius 3 is 1.94 bits per heavy atom. The summed E-state index contributed by atoms with van der Waals surface area (Å²) in [5, 5.41) is 1.35. The molecule has 0 unspecified atom stereocenters. The number of nitrogens with one attached hydrogen (secondary N) is 1. The quantitative estimate of drug-likeness (QED) is 0.665. The van der Waals surface area contributed by atoms with E-state index in [0.29, 0.717) is 0 Å². The first-order valence-corrected chi connectivity index (χ1v) is 6.73. The van der Waals surface area contributed by atoms with E-state index in [0.717, 1.165) is 0 Å². The molecule has 1 heterocycles. The summed E-state index contributed by atoms with van der Waals surface area (Å²) < 4.78 is 0. The number of aryl methyl sites for hydroxylation is 1. The standard InChI is InChI=1S/C17H25N/c1-11-8-12(16(2,3)4)9-14-13(11)10-15(18-14)17(5,6)7/h8-10,18H,1-7H3. The summed E-state index contributed by atoms with van der Waals surface area (Å²) in [6, 6.07) is 6.93. The fourth-order valence-corrected chi connectivity index (χ4v) is 2.26. The normalized spacial score (nSPS) is 13.3. The van der Waals surface area contributed by atoms with Crippen LogP contribution in [0.3, 0.4) is 0 Å². The van der Waals surface area contributed by atoms with Crippen LogP contribution in [0.25, 0.3) is 10.9 Å². The Hall–Kier alpha value is -1.24. The minimum atomic E-state index is 0.174. The average molecular weight is 243 g/mol. The molecule has 0 saturated carbocycles. The smallest absolute Gasteiger partial charge is 0.0461 e. The van der Waals surface area contributed by atoms with Crippen molar-refractivity contribution < 1.29 is 0 Å². The summed E-state index contributed by atoms with van der Waals surface area (Å²) in [5.74, 6) is 0. The third kappa shape index (κ3) is 2.31. The van der Waals surface area contributed by atoms with Crippen LogP contribution in [-0.4, -0.2) is 4.98 Å². The predicted octanol–water partition coefficient (Wildman–Crippen LogP) is 5.07. The minimum absolute atomic E-state index is 0.174. The van der Waals surface area contributed by atoms with Crippen LogP contribution < -0.4 is 0 Å². The number of rotatable bonds is 0. The van der Waals surface area contributed by atoms with Gasteiger partial charge >= 0.3 is 0 Å². The van der Waals surface area contributed by atoms with Crippen molar-refractivity contribution in [3.8, 4) is 0 Å². The number of aromatic amines is 1. The van der Waals surface area contributed by atoms with Crippen molar-refractivity contribution in [1.82, 2.24) is 4.98 Å². The van der Waals surface area contributed by atoms with Crippen LogP contribution in [-0.2, 0) is 10.8 Å².